The van der Waals surface area contributed by atoms with Gasteiger partial charge >= 0.3 is 6.09 Å². The Kier molecular flexibility index (Phi) is 14.9. The highest BCUT2D eigenvalue weighted by atomic mass is 16.6. The Bertz CT molecular complexity index is 1500. The van der Waals surface area contributed by atoms with Crippen molar-refractivity contribution in [3.8, 4) is 11.5 Å². The average Bonchev–Trinajstić information content (AvgIpc) is 3.10. The number of methoxy groups -OCH3 is 2. The first-order chi connectivity index (χ1) is 24.1. The lowest BCUT2D eigenvalue weighted by atomic mass is 9.87. The number of piperidine rings is 1. The van der Waals surface area contributed by atoms with E-state index >= 15 is 0 Å². The van der Waals surface area contributed by atoms with Crippen LogP contribution in [0.2, 0.25) is 0 Å². The Morgan fingerprint density at radius 3 is 2.44 bits per heavy atom. The van der Waals surface area contributed by atoms with Crippen molar-refractivity contribution in [1.82, 2.24) is 10.2 Å². The number of rotatable bonds is 17. The normalized spacial score (nSPS) is 16.2. The molecule has 272 valence electrons. The number of para-hydroxylation sites is 1. The molecule has 0 radical (unpaired) electrons. The lowest BCUT2D eigenvalue weighted by Gasteiger charge is -2.39. The molecule has 0 bridgehead atoms. The van der Waals surface area contributed by atoms with E-state index in [1.165, 1.54) is 0 Å². The zero-order valence-corrected chi connectivity index (χ0v) is 30.5. The van der Waals surface area contributed by atoms with Gasteiger partial charge in [0.25, 0.3) is 5.91 Å². The predicted octanol–water partition coefficient (Wildman–Crippen LogP) is 7.07. The summed E-state index contributed by atoms with van der Waals surface area (Å²) in [6, 6.07) is 21.8. The molecule has 1 aliphatic rings. The molecule has 2 amide bonds. The maximum Gasteiger partial charge on any atom is 0.410 e. The smallest absolute Gasteiger partial charge is 0.410 e. The minimum Gasteiger partial charge on any atom is -0.496 e. The zero-order chi connectivity index (χ0) is 35.9. The molecule has 4 rings (SSSR count). The first kappa shape index (κ1) is 38.7. The Balaban J connectivity index is 1.36. The number of benzene rings is 3. The van der Waals surface area contributed by atoms with Crippen LogP contribution in [-0.2, 0) is 32.2 Å². The number of carbonyl (C=O) groups is 2. The van der Waals surface area contributed by atoms with Gasteiger partial charge in [-0.1, -0.05) is 42.5 Å². The number of nitrogens with zero attached hydrogens (tertiary/aromatic N) is 1. The number of nitrogens with one attached hydrogen (secondary N) is 1. The first-order valence-electron chi connectivity index (χ1n) is 17.5. The van der Waals surface area contributed by atoms with Gasteiger partial charge in [0, 0.05) is 50.3 Å². The van der Waals surface area contributed by atoms with Crippen molar-refractivity contribution in [2.24, 2.45) is 0 Å². The Hall–Kier alpha value is -4.12. The topological polar surface area (TPSA) is 105 Å². The SMILES string of the molecule is COCCCNC(=O)c1cc(COC2CN(C(=O)OC(C)(C)C)CCC2c2ccc(OCCCOCc3ccccc3OC)cc2)ccc1C. The largest absolute Gasteiger partial charge is 0.496 e. The third kappa shape index (κ3) is 12.0. The lowest BCUT2D eigenvalue weighted by molar-refractivity contribution is -0.0359. The third-order valence-electron chi connectivity index (χ3n) is 8.49. The number of carbonyl (C=O) groups excluding carboxylic acids is 2. The molecule has 0 spiro atoms. The van der Waals surface area contributed by atoms with Crippen molar-refractivity contribution in [2.75, 3.05) is 53.7 Å². The summed E-state index contributed by atoms with van der Waals surface area (Å²) in [6.45, 7) is 11.5. The molecule has 1 fully saturated rings. The monoisotopic (exact) mass is 690 g/mol. The molecule has 1 saturated heterocycles. The molecular formula is C40H54N2O8. The summed E-state index contributed by atoms with van der Waals surface area (Å²) in [7, 11) is 3.31. The first-order valence-corrected chi connectivity index (χ1v) is 17.5. The minimum atomic E-state index is -0.593. The molecule has 2 atom stereocenters. The minimum absolute atomic E-state index is 0.0557. The average molecular weight is 691 g/mol. The fraction of sp³-hybridized carbons (Fsp3) is 0.500. The summed E-state index contributed by atoms with van der Waals surface area (Å²) in [6.07, 6.45) is 1.59. The standard InChI is InChI=1S/C40H54N2O8/c1-29-13-14-30(25-35(29)38(43)41-20-9-22-45-5)27-49-37-26-42(39(44)50-40(2,3)4)21-19-34(37)31-15-17-33(18-16-31)48-24-10-23-47-28-32-11-7-8-12-36(32)46-6/h7-8,11-18,25,34,37H,9-10,19-24,26-28H2,1-6H3,(H,41,43). The number of ether oxygens (including phenoxy) is 6. The zero-order valence-electron chi connectivity index (χ0n) is 30.5. The van der Waals surface area contributed by atoms with Gasteiger partial charge in [0.1, 0.15) is 17.1 Å². The van der Waals surface area contributed by atoms with Crippen molar-refractivity contribution >= 4 is 12.0 Å². The van der Waals surface area contributed by atoms with E-state index in [4.69, 9.17) is 28.4 Å². The number of likely N-dealkylation sites (tertiary alicyclic amines) is 1. The Morgan fingerprint density at radius 1 is 0.920 bits per heavy atom. The van der Waals surface area contributed by atoms with Gasteiger partial charge in [0.2, 0.25) is 0 Å². The number of hydrogen-bond donors (Lipinski definition) is 1. The Morgan fingerprint density at radius 2 is 1.70 bits per heavy atom. The van der Waals surface area contributed by atoms with Crippen LogP contribution in [0.5, 0.6) is 11.5 Å². The van der Waals surface area contributed by atoms with E-state index < -0.39 is 5.60 Å². The highest BCUT2D eigenvalue weighted by Crippen LogP contribution is 2.33. The van der Waals surface area contributed by atoms with Gasteiger partial charge < -0.3 is 38.6 Å². The van der Waals surface area contributed by atoms with Crippen LogP contribution in [0.1, 0.15) is 78.6 Å². The van der Waals surface area contributed by atoms with Crippen molar-refractivity contribution in [3.05, 3.63) is 94.5 Å². The van der Waals surface area contributed by atoms with Crippen LogP contribution in [0.15, 0.2) is 66.7 Å². The second kappa shape index (κ2) is 19.3. The van der Waals surface area contributed by atoms with Crippen molar-refractivity contribution in [2.45, 2.75) is 77.8 Å². The van der Waals surface area contributed by atoms with Crippen LogP contribution in [0.3, 0.4) is 0 Å². The maximum atomic E-state index is 13.0. The third-order valence-corrected chi connectivity index (χ3v) is 8.49. The summed E-state index contributed by atoms with van der Waals surface area (Å²) < 4.78 is 34.6. The van der Waals surface area contributed by atoms with Gasteiger partial charge in [-0.15, -0.1) is 0 Å². The van der Waals surface area contributed by atoms with Gasteiger partial charge in [-0.3, -0.25) is 4.79 Å². The van der Waals surface area contributed by atoms with Gasteiger partial charge in [0.05, 0.1) is 46.2 Å². The van der Waals surface area contributed by atoms with Crippen LogP contribution in [0.4, 0.5) is 4.79 Å². The van der Waals surface area contributed by atoms with Crippen LogP contribution in [0, 0.1) is 6.92 Å². The van der Waals surface area contributed by atoms with Crippen molar-refractivity contribution in [1.29, 1.82) is 0 Å². The molecule has 10 nitrogen and oxygen atoms in total. The highest BCUT2D eigenvalue weighted by Gasteiger charge is 2.35. The van der Waals surface area contributed by atoms with Crippen LogP contribution in [0.25, 0.3) is 0 Å². The summed E-state index contributed by atoms with van der Waals surface area (Å²) in [5.41, 5.74) is 3.95. The van der Waals surface area contributed by atoms with Crippen LogP contribution >= 0.6 is 0 Å². The quantitative estimate of drug-likeness (QED) is 0.150. The van der Waals surface area contributed by atoms with Crippen molar-refractivity contribution in [3.63, 3.8) is 0 Å². The second-order valence-corrected chi connectivity index (χ2v) is 13.6. The summed E-state index contributed by atoms with van der Waals surface area (Å²) in [4.78, 5) is 27.7. The van der Waals surface area contributed by atoms with E-state index in [9.17, 15) is 9.59 Å². The van der Waals surface area contributed by atoms with Crippen LogP contribution in [-0.4, -0.2) is 82.3 Å². The number of amides is 2. The van der Waals surface area contributed by atoms with Gasteiger partial charge in [-0.2, -0.15) is 0 Å². The number of aryl methyl sites for hydroxylation is 1. The molecule has 3 aromatic rings. The molecular weight excluding hydrogens is 636 g/mol. The lowest BCUT2D eigenvalue weighted by Crippen LogP contribution is -2.48. The van der Waals surface area contributed by atoms with E-state index in [1.807, 2.05) is 82.3 Å². The number of hydrogen-bond acceptors (Lipinski definition) is 8. The second-order valence-electron chi connectivity index (χ2n) is 13.6. The molecule has 10 heteroatoms. The van der Waals surface area contributed by atoms with E-state index in [1.54, 1.807) is 19.1 Å². The molecule has 1 heterocycles. The summed E-state index contributed by atoms with van der Waals surface area (Å²) >= 11 is 0. The van der Waals surface area contributed by atoms with Gasteiger partial charge in [-0.05, 0) is 81.5 Å². The van der Waals surface area contributed by atoms with Gasteiger partial charge in [-0.25, -0.2) is 4.79 Å². The molecule has 2 unspecified atom stereocenters. The van der Waals surface area contributed by atoms with Crippen LogP contribution < -0.4 is 14.8 Å². The maximum absolute atomic E-state index is 13.0. The fourth-order valence-corrected chi connectivity index (χ4v) is 5.85. The highest BCUT2D eigenvalue weighted by molar-refractivity contribution is 5.95. The molecule has 50 heavy (non-hydrogen) atoms. The molecule has 1 N–H and O–H groups in total. The van der Waals surface area contributed by atoms with E-state index in [-0.39, 0.29) is 24.0 Å². The molecule has 1 aliphatic heterocycles. The van der Waals surface area contributed by atoms with E-state index in [0.29, 0.717) is 58.2 Å². The van der Waals surface area contributed by atoms with E-state index in [0.717, 1.165) is 53.0 Å². The summed E-state index contributed by atoms with van der Waals surface area (Å²) in [5.74, 6) is 1.55. The molecule has 3 aromatic carbocycles. The molecule has 0 aliphatic carbocycles. The van der Waals surface area contributed by atoms with Gasteiger partial charge in [0.15, 0.2) is 0 Å². The fourth-order valence-electron chi connectivity index (χ4n) is 5.85. The molecule has 0 aromatic heterocycles. The Labute approximate surface area is 297 Å². The summed E-state index contributed by atoms with van der Waals surface area (Å²) in [5, 5.41) is 2.97. The van der Waals surface area contributed by atoms with E-state index in [2.05, 4.69) is 17.4 Å². The predicted molar refractivity (Wildman–Crippen MR) is 193 cm³/mol. The van der Waals surface area contributed by atoms with Crippen molar-refractivity contribution < 1.29 is 38.0 Å². The molecule has 0 saturated carbocycles.